The van der Waals surface area contributed by atoms with Crippen LogP contribution in [0.5, 0.6) is 0 Å². The van der Waals surface area contributed by atoms with Gasteiger partial charge >= 0.3 is 5.97 Å². The number of rotatable bonds is 8. The van der Waals surface area contributed by atoms with Crippen LogP contribution in [0.15, 0.2) is 48.5 Å². The Morgan fingerprint density at radius 2 is 1.92 bits per heavy atom. The third kappa shape index (κ3) is 5.74. The lowest BCUT2D eigenvalue weighted by Crippen LogP contribution is -2.53. The molecular formula is C28H36FNO6S. The summed E-state index contributed by atoms with van der Waals surface area (Å²) in [5.74, 6) is -1.02. The van der Waals surface area contributed by atoms with E-state index in [1.165, 1.54) is 6.07 Å². The van der Waals surface area contributed by atoms with E-state index in [2.05, 4.69) is 5.32 Å². The van der Waals surface area contributed by atoms with Gasteiger partial charge in [-0.1, -0.05) is 42.5 Å². The Balaban J connectivity index is 1.60. The van der Waals surface area contributed by atoms with Crippen LogP contribution in [0.3, 0.4) is 0 Å². The second kappa shape index (κ2) is 11.6. The molecular weight excluding hydrogens is 497 g/mol. The number of esters is 1. The molecule has 0 bridgehead atoms. The molecule has 4 atom stereocenters. The number of carbonyl (C=O) groups is 1. The maximum absolute atomic E-state index is 15.6. The Labute approximate surface area is 218 Å². The molecule has 0 radical (unpaired) electrons. The summed E-state index contributed by atoms with van der Waals surface area (Å²) in [4.78, 5) is 12.1. The zero-order chi connectivity index (χ0) is 26.6. The first-order valence-electron chi connectivity index (χ1n) is 12.9. The maximum atomic E-state index is 15.6. The van der Waals surface area contributed by atoms with Crippen molar-refractivity contribution < 1.29 is 32.2 Å². The lowest BCUT2D eigenvalue weighted by molar-refractivity contribution is -0.147. The molecule has 9 heteroatoms. The molecule has 2 heterocycles. The van der Waals surface area contributed by atoms with Gasteiger partial charge < -0.3 is 19.9 Å². The largest absolute Gasteiger partial charge is 0.466 e. The summed E-state index contributed by atoms with van der Waals surface area (Å²) in [5.41, 5.74) is 0.754. The van der Waals surface area contributed by atoms with Crippen molar-refractivity contribution in [2.24, 2.45) is 0 Å². The van der Waals surface area contributed by atoms with Crippen molar-refractivity contribution in [2.75, 3.05) is 26.4 Å². The van der Waals surface area contributed by atoms with Gasteiger partial charge in [-0.3, -0.25) is 4.79 Å². The minimum Gasteiger partial charge on any atom is -0.466 e. The minimum atomic E-state index is -3.59. The molecule has 0 saturated carbocycles. The SMILES string of the molecule is CCOC(=O)C[C@H](O)C1(c2ccc(CC3[C@H](C)NC[C@@H](c4ccccc4)S3(=O)=O)c(F)c2)CCOCC1. The highest BCUT2D eigenvalue weighted by atomic mass is 32.2. The number of sulfone groups is 1. The first-order valence-corrected chi connectivity index (χ1v) is 14.5. The number of nitrogens with one attached hydrogen (secondary N) is 1. The van der Waals surface area contributed by atoms with Gasteiger partial charge in [-0.2, -0.15) is 0 Å². The van der Waals surface area contributed by atoms with Gasteiger partial charge in [0.25, 0.3) is 0 Å². The van der Waals surface area contributed by atoms with Gasteiger partial charge in [0.05, 0.1) is 29.6 Å². The van der Waals surface area contributed by atoms with Crippen LogP contribution in [0.2, 0.25) is 0 Å². The predicted octanol–water partition coefficient (Wildman–Crippen LogP) is 3.25. The molecule has 7 nitrogen and oxygen atoms in total. The Morgan fingerprint density at radius 3 is 2.57 bits per heavy atom. The molecule has 1 unspecified atom stereocenters. The second-order valence-electron chi connectivity index (χ2n) is 10.0. The summed E-state index contributed by atoms with van der Waals surface area (Å²) < 4.78 is 53.3. The number of aliphatic hydroxyl groups is 1. The van der Waals surface area contributed by atoms with E-state index in [1.54, 1.807) is 31.2 Å². The molecule has 0 amide bonds. The summed E-state index contributed by atoms with van der Waals surface area (Å²) in [6, 6.07) is 13.5. The van der Waals surface area contributed by atoms with Crippen LogP contribution in [0.1, 0.15) is 55.1 Å². The molecule has 202 valence electrons. The third-order valence-corrected chi connectivity index (χ3v) is 10.6. The first-order chi connectivity index (χ1) is 17.7. The summed E-state index contributed by atoms with van der Waals surface area (Å²) >= 11 is 0. The monoisotopic (exact) mass is 533 g/mol. The molecule has 0 spiro atoms. The van der Waals surface area contributed by atoms with E-state index in [9.17, 15) is 18.3 Å². The van der Waals surface area contributed by atoms with Crippen molar-refractivity contribution in [1.82, 2.24) is 5.32 Å². The molecule has 2 aliphatic rings. The fraction of sp³-hybridized carbons (Fsp3) is 0.536. The van der Waals surface area contributed by atoms with Crippen molar-refractivity contribution in [2.45, 2.75) is 67.6 Å². The molecule has 0 aliphatic carbocycles. The van der Waals surface area contributed by atoms with Crippen molar-refractivity contribution in [3.63, 3.8) is 0 Å². The Hall–Kier alpha value is -2.33. The first kappa shape index (κ1) is 27.7. The molecule has 2 fully saturated rings. The number of hydrogen-bond acceptors (Lipinski definition) is 7. The topological polar surface area (TPSA) is 102 Å². The van der Waals surface area contributed by atoms with Gasteiger partial charge in [0.2, 0.25) is 0 Å². The molecule has 2 aromatic carbocycles. The number of halogens is 1. The van der Waals surface area contributed by atoms with E-state index in [0.29, 0.717) is 43.7 Å². The molecule has 4 rings (SSSR count). The third-order valence-electron chi connectivity index (χ3n) is 7.91. The smallest absolute Gasteiger partial charge is 0.308 e. The minimum absolute atomic E-state index is 0.0352. The van der Waals surface area contributed by atoms with Crippen LogP contribution >= 0.6 is 0 Å². The van der Waals surface area contributed by atoms with E-state index < -0.39 is 43.6 Å². The summed E-state index contributed by atoms with van der Waals surface area (Å²) in [6.07, 6.45) is -0.350. The van der Waals surface area contributed by atoms with Crippen LogP contribution in [-0.2, 0) is 35.9 Å². The van der Waals surface area contributed by atoms with Crippen LogP contribution in [-0.4, -0.2) is 63.3 Å². The predicted molar refractivity (Wildman–Crippen MR) is 138 cm³/mol. The highest BCUT2D eigenvalue weighted by Crippen LogP contribution is 2.40. The van der Waals surface area contributed by atoms with E-state index in [1.807, 2.05) is 25.1 Å². The maximum Gasteiger partial charge on any atom is 0.308 e. The molecule has 2 saturated heterocycles. The zero-order valence-electron chi connectivity index (χ0n) is 21.4. The Morgan fingerprint density at radius 1 is 1.22 bits per heavy atom. The lowest BCUT2D eigenvalue weighted by atomic mass is 9.69. The zero-order valence-corrected chi connectivity index (χ0v) is 22.2. The van der Waals surface area contributed by atoms with E-state index in [0.717, 1.165) is 5.56 Å². The number of ether oxygens (including phenoxy) is 2. The standard InChI is InChI=1S/C28H36FNO6S/c1-3-36-27(32)17-26(31)28(11-13-35-14-12-28)22-10-9-21(23(29)16-22)15-24-19(2)30-18-25(37(24,33)34)20-7-5-4-6-8-20/h4-10,16,19,24-26,30-31H,3,11-15,17-18H2,1-2H3/t19-,24?,25-,26-/m0/s1. The van der Waals surface area contributed by atoms with Crippen LogP contribution in [0.25, 0.3) is 0 Å². The van der Waals surface area contributed by atoms with Crippen LogP contribution in [0, 0.1) is 5.82 Å². The number of aliphatic hydroxyl groups excluding tert-OH is 1. The average molecular weight is 534 g/mol. The fourth-order valence-electron chi connectivity index (χ4n) is 5.67. The van der Waals surface area contributed by atoms with Crippen molar-refractivity contribution >= 4 is 15.8 Å². The number of benzene rings is 2. The molecule has 37 heavy (non-hydrogen) atoms. The highest BCUT2D eigenvalue weighted by molar-refractivity contribution is 7.92. The lowest BCUT2D eigenvalue weighted by Gasteiger charge is -2.41. The summed E-state index contributed by atoms with van der Waals surface area (Å²) in [7, 11) is -3.59. The van der Waals surface area contributed by atoms with Crippen molar-refractivity contribution in [3.8, 4) is 0 Å². The Bertz CT molecular complexity index is 1180. The molecule has 2 aromatic rings. The van der Waals surface area contributed by atoms with Gasteiger partial charge in [-0.05, 0) is 55.9 Å². The van der Waals surface area contributed by atoms with Gasteiger partial charge in [0.15, 0.2) is 9.84 Å². The summed E-state index contributed by atoms with van der Waals surface area (Å²) in [5, 5.41) is 12.9. The van der Waals surface area contributed by atoms with E-state index >= 15 is 4.39 Å². The Kier molecular flexibility index (Phi) is 8.68. The van der Waals surface area contributed by atoms with Crippen LogP contribution < -0.4 is 5.32 Å². The van der Waals surface area contributed by atoms with Crippen molar-refractivity contribution in [3.05, 3.63) is 71.0 Å². The van der Waals surface area contributed by atoms with Gasteiger partial charge in [-0.15, -0.1) is 0 Å². The average Bonchev–Trinajstić information content (AvgIpc) is 2.88. The number of hydrogen-bond donors (Lipinski definition) is 2. The number of carbonyl (C=O) groups excluding carboxylic acids is 1. The molecule has 0 aromatic heterocycles. The summed E-state index contributed by atoms with van der Waals surface area (Å²) in [6.45, 7) is 4.81. The van der Waals surface area contributed by atoms with E-state index in [-0.39, 0.29) is 25.5 Å². The van der Waals surface area contributed by atoms with E-state index in [4.69, 9.17) is 9.47 Å². The molecule has 2 aliphatic heterocycles. The fourth-order valence-corrected chi connectivity index (χ4v) is 8.03. The quantitative estimate of drug-likeness (QED) is 0.503. The highest BCUT2D eigenvalue weighted by Gasteiger charge is 2.44. The van der Waals surface area contributed by atoms with Gasteiger partial charge in [0, 0.05) is 31.2 Å². The molecule has 2 N–H and O–H groups in total. The van der Waals surface area contributed by atoms with Crippen LogP contribution in [0.4, 0.5) is 4.39 Å². The normalized spacial score (nSPS) is 25.8. The second-order valence-corrected chi connectivity index (χ2v) is 12.4. The van der Waals surface area contributed by atoms with Gasteiger partial charge in [-0.25, -0.2) is 12.8 Å². The van der Waals surface area contributed by atoms with Crippen molar-refractivity contribution in [1.29, 1.82) is 0 Å². The van der Waals surface area contributed by atoms with Gasteiger partial charge in [0.1, 0.15) is 5.82 Å².